The minimum Gasteiger partial charge on any atom is -0.495 e. The summed E-state index contributed by atoms with van der Waals surface area (Å²) in [5, 5.41) is 2.85. The fourth-order valence-corrected chi connectivity index (χ4v) is 2.73. The standard InChI is InChI=1S/C16H18N2O2S/c1-11-12(17)6-5-9-15(11)21-10-16(19)18-13-7-3-4-8-14(13)20-2/h3-9H,10,17H2,1-2H3,(H,18,19). The van der Waals surface area contributed by atoms with Crippen molar-refractivity contribution in [2.24, 2.45) is 0 Å². The van der Waals surface area contributed by atoms with Crippen molar-refractivity contribution in [3.05, 3.63) is 48.0 Å². The van der Waals surface area contributed by atoms with Crippen LogP contribution < -0.4 is 15.8 Å². The third-order valence-electron chi connectivity index (χ3n) is 3.07. The molecule has 0 aliphatic carbocycles. The van der Waals surface area contributed by atoms with Crippen molar-refractivity contribution in [1.82, 2.24) is 0 Å². The quantitative estimate of drug-likeness (QED) is 0.657. The van der Waals surface area contributed by atoms with E-state index in [0.717, 1.165) is 16.1 Å². The number of ether oxygens (including phenoxy) is 1. The van der Waals surface area contributed by atoms with Gasteiger partial charge in [0.05, 0.1) is 18.6 Å². The second-order valence-electron chi connectivity index (χ2n) is 4.51. The molecular weight excluding hydrogens is 284 g/mol. The summed E-state index contributed by atoms with van der Waals surface area (Å²) < 4.78 is 5.21. The largest absolute Gasteiger partial charge is 0.495 e. The van der Waals surface area contributed by atoms with Gasteiger partial charge in [0.15, 0.2) is 0 Å². The van der Waals surface area contributed by atoms with Crippen LogP contribution in [-0.2, 0) is 4.79 Å². The topological polar surface area (TPSA) is 64.3 Å². The van der Waals surface area contributed by atoms with E-state index in [1.54, 1.807) is 7.11 Å². The Balaban J connectivity index is 1.98. The zero-order valence-corrected chi connectivity index (χ0v) is 12.9. The van der Waals surface area contributed by atoms with E-state index >= 15 is 0 Å². The number of amides is 1. The summed E-state index contributed by atoms with van der Waals surface area (Å²) in [5.74, 6) is 0.893. The average molecular weight is 302 g/mol. The number of nitrogens with one attached hydrogen (secondary N) is 1. The van der Waals surface area contributed by atoms with E-state index in [1.165, 1.54) is 11.8 Å². The van der Waals surface area contributed by atoms with E-state index in [0.29, 0.717) is 17.2 Å². The number of nitrogen functional groups attached to an aromatic ring is 1. The zero-order valence-electron chi connectivity index (χ0n) is 12.1. The van der Waals surface area contributed by atoms with Crippen LogP contribution in [-0.4, -0.2) is 18.8 Å². The van der Waals surface area contributed by atoms with Gasteiger partial charge in [-0.3, -0.25) is 4.79 Å². The van der Waals surface area contributed by atoms with Crippen LogP contribution in [0.15, 0.2) is 47.4 Å². The first-order valence-electron chi connectivity index (χ1n) is 6.52. The van der Waals surface area contributed by atoms with Gasteiger partial charge in [0.25, 0.3) is 0 Å². The predicted octanol–water partition coefficient (Wildman–Crippen LogP) is 3.32. The monoisotopic (exact) mass is 302 g/mol. The van der Waals surface area contributed by atoms with Crippen LogP contribution in [0.25, 0.3) is 0 Å². The highest BCUT2D eigenvalue weighted by Gasteiger charge is 2.09. The number of carbonyl (C=O) groups excluding carboxylic acids is 1. The highest BCUT2D eigenvalue weighted by atomic mass is 32.2. The summed E-state index contributed by atoms with van der Waals surface area (Å²) in [5.41, 5.74) is 8.28. The number of hydrogen-bond donors (Lipinski definition) is 2. The average Bonchev–Trinajstić information content (AvgIpc) is 2.49. The molecule has 0 aromatic heterocycles. The SMILES string of the molecule is COc1ccccc1NC(=O)CSc1cccc(N)c1C. The van der Waals surface area contributed by atoms with Crippen molar-refractivity contribution in [2.75, 3.05) is 23.9 Å². The number of rotatable bonds is 5. The van der Waals surface area contributed by atoms with Gasteiger partial charge >= 0.3 is 0 Å². The molecular formula is C16H18N2O2S. The molecule has 1 amide bonds. The first kappa shape index (κ1) is 15.3. The van der Waals surface area contributed by atoms with Crippen LogP contribution in [0.3, 0.4) is 0 Å². The highest BCUT2D eigenvalue weighted by molar-refractivity contribution is 8.00. The van der Waals surface area contributed by atoms with Crippen LogP contribution >= 0.6 is 11.8 Å². The second-order valence-corrected chi connectivity index (χ2v) is 5.52. The van der Waals surface area contributed by atoms with E-state index < -0.39 is 0 Å². The van der Waals surface area contributed by atoms with Crippen LogP contribution in [0.1, 0.15) is 5.56 Å². The molecule has 0 aliphatic rings. The molecule has 0 spiro atoms. The van der Waals surface area contributed by atoms with Gasteiger partial charge in [-0.25, -0.2) is 0 Å². The third-order valence-corrected chi connectivity index (χ3v) is 4.23. The van der Waals surface area contributed by atoms with Gasteiger partial charge in [-0.2, -0.15) is 0 Å². The van der Waals surface area contributed by atoms with Crippen molar-refractivity contribution >= 4 is 29.0 Å². The molecule has 2 aromatic rings. The summed E-state index contributed by atoms with van der Waals surface area (Å²) in [6.45, 7) is 1.95. The normalized spacial score (nSPS) is 10.2. The maximum absolute atomic E-state index is 12.0. The summed E-state index contributed by atoms with van der Waals surface area (Å²) in [6.07, 6.45) is 0. The Morgan fingerprint density at radius 1 is 1.24 bits per heavy atom. The molecule has 21 heavy (non-hydrogen) atoms. The van der Waals surface area contributed by atoms with E-state index in [2.05, 4.69) is 5.32 Å². The molecule has 2 rings (SSSR count). The molecule has 110 valence electrons. The molecule has 4 nitrogen and oxygen atoms in total. The molecule has 0 aliphatic heterocycles. The molecule has 5 heteroatoms. The minimum absolute atomic E-state index is 0.0775. The van der Waals surface area contributed by atoms with E-state index in [4.69, 9.17) is 10.5 Å². The lowest BCUT2D eigenvalue weighted by molar-refractivity contribution is -0.113. The molecule has 2 aromatic carbocycles. The predicted molar refractivity (Wildman–Crippen MR) is 87.9 cm³/mol. The number of benzene rings is 2. The summed E-state index contributed by atoms with van der Waals surface area (Å²) in [4.78, 5) is 13.1. The molecule has 0 bridgehead atoms. The Morgan fingerprint density at radius 2 is 2.00 bits per heavy atom. The van der Waals surface area contributed by atoms with Crippen molar-refractivity contribution in [1.29, 1.82) is 0 Å². The number of thioether (sulfide) groups is 1. The number of anilines is 2. The minimum atomic E-state index is -0.0775. The first-order chi connectivity index (χ1) is 10.1. The van der Waals surface area contributed by atoms with E-state index in [-0.39, 0.29) is 5.91 Å². The Morgan fingerprint density at radius 3 is 2.76 bits per heavy atom. The Bertz CT molecular complexity index is 644. The number of para-hydroxylation sites is 2. The molecule has 0 atom stereocenters. The Labute approximate surface area is 128 Å². The molecule has 0 fully saturated rings. The van der Waals surface area contributed by atoms with Crippen molar-refractivity contribution in [2.45, 2.75) is 11.8 Å². The van der Waals surface area contributed by atoms with Crippen LogP contribution in [0.4, 0.5) is 11.4 Å². The fraction of sp³-hybridized carbons (Fsp3) is 0.188. The zero-order chi connectivity index (χ0) is 15.2. The van der Waals surface area contributed by atoms with Gasteiger partial charge in [-0.15, -0.1) is 11.8 Å². The lowest BCUT2D eigenvalue weighted by Crippen LogP contribution is -2.14. The third kappa shape index (κ3) is 3.92. The number of hydrogen-bond acceptors (Lipinski definition) is 4. The molecule has 0 saturated carbocycles. The lowest BCUT2D eigenvalue weighted by atomic mass is 10.2. The Kier molecular flexibility index (Phi) is 5.11. The highest BCUT2D eigenvalue weighted by Crippen LogP contribution is 2.27. The first-order valence-corrected chi connectivity index (χ1v) is 7.51. The van der Waals surface area contributed by atoms with Crippen LogP contribution in [0.5, 0.6) is 5.75 Å². The van der Waals surface area contributed by atoms with Gasteiger partial charge in [-0.05, 0) is 36.8 Å². The smallest absolute Gasteiger partial charge is 0.234 e. The number of carbonyl (C=O) groups is 1. The van der Waals surface area contributed by atoms with Crippen molar-refractivity contribution in [3.8, 4) is 5.75 Å². The summed E-state index contributed by atoms with van der Waals surface area (Å²) in [6, 6.07) is 13.1. The number of methoxy groups -OCH3 is 1. The summed E-state index contributed by atoms with van der Waals surface area (Å²) in [7, 11) is 1.58. The van der Waals surface area contributed by atoms with Gasteiger partial charge in [-0.1, -0.05) is 18.2 Å². The second kappa shape index (κ2) is 7.04. The van der Waals surface area contributed by atoms with E-state index in [9.17, 15) is 4.79 Å². The fourth-order valence-electron chi connectivity index (χ4n) is 1.87. The maximum Gasteiger partial charge on any atom is 0.234 e. The van der Waals surface area contributed by atoms with Gasteiger partial charge in [0.2, 0.25) is 5.91 Å². The Hall–Kier alpha value is -2.14. The molecule has 0 heterocycles. The van der Waals surface area contributed by atoms with Crippen molar-refractivity contribution < 1.29 is 9.53 Å². The van der Waals surface area contributed by atoms with E-state index in [1.807, 2.05) is 49.4 Å². The van der Waals surface area contributed by atoms with Gasteiger partial charge < -0.3 is 15.8 Å². The molecule has 0 radical (unpaired) electrons. The van der Waals surface area contributed by atoms with Crippen molar-refractivity contribution in [3.63, 3.8) is 0 Å². The lowest BCUT2D eigenvalue weighted by Gasteiger charge is -2.10. The van der Waals surface area contributed by atoms with Gasteiger partial charge in [0, 0.05) is 10.6 Å². The van der Waals surface area contributed by atoms with Crippen LogP contribution in [0, 0.1) is 6.92 Å². The van der Waals surface area contributed by atoms with Gasteiger partial charge in [0.1, 0.15) is 5.75 Å². The van der Waals surface area contributed by atoms with Crippen LogP contribution in [0.2, 0.25) is 0 Å². The molecule has 0 saturated heterocycles. The maximum atomic E-state index is 12.0. The molecule has 0 unspecified atom stereocenters. The number of nitrogens with two attached hydrogens (primary N) is 1. The summed E-state index contributed by atoms with van der Waals surface area (Å²) >= 11 is 1.47. The molecule has 3 N–H and O–H groups in total.